The maximum atomic E-state index is 12.3. The smallest absolute Gasteiger partial charge is 0.264 e. The van der Waals surface area contributed by atoms with Gasteiger partial charge in [0, 0.05) is 26.2 Å². The lowest BCUT2D eigenvalue weighted by molar-refractivity contribution is 0.299. The number of fused-ring (bicyclic) bond motifs is 1. The molecule has 1 aliphatic rings. The molecule has 1 saturated carbocycles. The van der Waals surface area contributed by atoms with Crippen molar-refractivity contribution >= 4 is 11.0 Å². The number of hydrogen-bond acceptors (Lipinski definition) is 4. The summed E-state index contributed by atoms with van der Waals surface area (Å²) in [5.41, 5.74) is 0.636. The predicted octanol–water partition coefficient (Wildman–Crippen LogP) is 1.30. The quantitative estimate of drug-likeness (QED) is 0.921. The van der Waals surface area contributed by atoms with Crippen molar-refractivity contribution in [3.63, 3.8) is 0 Å². The standard InChI is InChI=1S/C15H23N5O/c1-11-4-3-5-12(8-11)16-6-7-20-10-17-14-13(15(20)21)9-18-19(14)2/h9-12,16H,3-8H2,1-2H3. The van der Waals surface area contributed by atoms with E-state index in [0.29, 0.717) is 23.6 Å². The molecular weight excluding hydrogens is 266 g/mol. The van der Waals surface area contributed by atoms with E-state index >= 15 is 0 Å². The van der Waals surface area contributed by atoms with Gasteiger partial charge in [-0.1, -0.05) is 19.8 Å². The van der Waals surface area contributed by atoms with Crippen molar-refractivity contribution in [1.82, 2.24) is 24.6 Å². The zero-order valence-electron chi connectivity index (χ0n) is 12.7. The van der Waals surface area contributed by atoms with Crippen molar-refractivity contribution in [2.45, 2.75) is 45.2 Å². The first-order chi connectivity index (χ1) is 10.1. The zero-order valence-corrected chi connectivity index (χ0v) is 12.7. The topological polar surface area (TPSA) is 64.7 Å². The molecule has 2 heterocycles. The van der Waals surface area contributed by atoms with Crippen LogP contribution < -0.4 is 10.9 Å². The molecular formula is C15H23N5O. The summed E-state index contributed by atoms with van der Waals surface area (Å²) in [6.45, 7) is 3.78. The molecule has 2 atom stereocenters. The van der Waals surface area contributed by atoms with Crippen molar-refractivity contribution < 1.29 is 0 Å². The van der Waals surface area contributed by atoms with Crippen LogP contribution in [0.5, 0.6) is 0 Å². The largest absolute Gasteiger partial charge is 0.312 e. The fraction of sp³-hybridized carbons (Fsp3) is 0.667. The Morgan fingerprint density at radius 3 is 3.10 bits per heavy atom. The Morgan fingerprint density at radius 2 is 2.29 bits per heavy atom. The molecule has 0 bridgehead atoms. The Morgan fingerprint density at radius 1 is 1.43 bits per heavy atom. The second kappa shape index (κ2) is 5.97. The summed E-state index contributed by atoms with van der Waals surface area (Å²) in [5, 5.41) is 8.25. The molecule has 0 amide bonds. The SMILES string of the molecule is CC1CCCC(NCCn2cnc3c(cnn3C)c2=O)C1. The molecule has 1 aliphatic carbocycles. The van der Waals surface area contributed by atoms with Crippen molar-refractivity contribution in [1.29, 1.82) is 0 Å². The Labute approximate surface area is 124 Å². The third kappa shape index (κ3) is 3.00. The molecule has 3 rings (SSSR count). The van der Waals surface area contributed by atoms with Gasteiger partial charge in [0.2, 0.25) is 0 Å². The summed E-state index contributed by atoms with van der Waals surface area (Å²) in [4.78, 5) is 16.6. The Hall–Kier alpha value is -1.69. The van der Waals surface area contributed by atoms with E-state index in [4.69, 9.17) is 0 Å². The molecule has 21 heavy (non-hydrogen) atoms. The van der Waals surface area contributed by atoms with Crippen LogP contribution in [0.3, 0.4) is 0 Å². The molecule has 0 saturated heterocycles. The number of hydrogen-bond donors (Lipinski definition) is 1. The van der Waals surface area contributed by atoms with Crippen LogP contribution in [-0.2, 0) is 13.6 Å². The zero-order chi connectivity index (χ0) is 14.8. The third-order valence-electron chi connectivity index (χ3n) is 4.44. The molecule has 6 nitrogen and oxygen atoms in total. The van der Waals surface area contributed by atoms with Crippen molar-refractivity contribution in [3.8, 4) is 0 Å². The molecule has 114 valence electrons. The van der Waals surface area contributed by atoms with Crippen LogP contribution in [0.15, 0.2) is 17.3 Å². The lowest BCUT2D eigenvalue weighted by Crippen LogP contribution is -2.36. The highest BCUT2D eigenvalue weighted by atomic mass is 16.1. The maximum Gasteiger partial charge on any atom is 0.264 e. The van der Waals surface area contributed by atoms with Crippen molar-refractivity contribution in [2.24, 2.45) is 13.0 Å². The highest BCUT2D eigenvalue weighted by molar-refractivity contribution is 5.72. The maximum absolute atomic E-state index is 12.3. The predicted molar refractivity (Wildman–Crippen MR) is 82.2 cm³/mol. The van der Waals surface area contributed by atoms with Crippen LogP contribution >= 0.6 is 0 Å². The highest BCUT2D eigenvalue weighted by Crippen LogP contribution is 2.23. The van der Waals surface area contributed by atoms with Crippen LogP contribution in [0, 0.1) is 5.92 Å². The average Bonchev–Trinajstić information content (AvgIpc) is 2.84. The van der Waals surface area contributed by atoms with E-state index in [1.807, 2.05) is 0 Å². The lowest BCUT2D eigenvalue weighted by Gasteiger charge is -2.27. The van der Waals surface area contributed by atoms with Gasteiger partial charge in [0.15, 0.2) is 5.65 Å². The van der Waals surface area contributed by atoms with Crippen LogP contribution in [0.25, 0.3) is 11.0 Å². The number of nitrogens with one attached hydrogen (secondary N) is 1. The second-order valence-electron chi connectivity index (χ2n) is 6.17. The van der Waals surface area contributed by atoms with E-state index in [-0.39, 0.29) is 5.56 Å². The molecule has 1 N–H and O–H groups in total. The van der Waals surface area contributed by atoms with Gasteiger partial charge in [-0.25, -0.2) is 4.98 Å². The molecule has 0 radical (unpaired) electrons. The highest BCUT2D eigenvalue weighted by Gasteiger charge is 2.18. The first-order valence-electron chi connectivity index (χ1n) is 7.75. The van der Waals surface area contributed by atoms with E-state index in [9.17, 15) is 4.79 Å². The van der Waals surface area contributed by atoms with Gasteiger partial charge in [-0.3, -0.25) is 14.0 Å². The van der Waals surface area contributed by atoms with Crippen LogP contribution in [0.1, 0.15) is 32.6 Å². The molecule has 2 aromatic rings. The van der Waals surface area contributed by atoms with Gasteiger partial charge < -0.3 is 5.32 Å². The molecule has 2 aromatic heterocycles. The molecule has 0 spiro atoms. The van der Waals surface area contributed by atoms with Crippen LogP contribution in [-0.4, -0.2) is 31.9 Å². The van der Waals surface area contributed by atoms with E-state index in [0.717, 1.165) is 12.5 Å². The minimum atomic E-state index is -0.00749. The van der Waals surface area contributed by atoms with Gasteiger partial charge >= 0.3 is 0 Å². The summed E-state index contributed by atoms with van der Waals surface area (Å²) in [5.74, 6) is 0.812. The van der Waals surface area contributed by atoms with Gasteiger partial charge in [0.25, 0.3) is 5.56 Å². The number of aryl methyl sites for hydroxylation is 1. The van der Waals surface area contributed by atoms with Gasteiger partial charge in [0.1, 0.15) is 11.7 Å². The van der Waals surface area contributed by atoms with Crippen LogP contribution in [0.4, 0.5) is 0 Å². The molecule has 6 heteroatoms. The van der Waals surface area contributed by atoms with Crippen molar-refractivity contribution in [2.75, 3.05) is 6.54 Å². The summed E-state index contributed by atoms with van der Waals surface area (Å²) in [6, 6.07) is 0.597. The number of nitrogens with zero attached hydrogens (tertiary/aromatic N) is 4. The third-order valence-corrected chi connectivity index (χ3v) is 4.44. The van der Waals surface area contributed by atoms with Gasteiger partial charge in [0.05, 0.1) is 6.20 Å². The Balaban J connectivity index is 1.63. The van der Waals surface area contributed by atoms with Gasteiger partial charge in [-0.2, -0.15) is 5.10 Å². The monoisotopic (exact) mass is 289 g/mol. The van der Waals surface area contributed by atoms with Gasteiger partial charge in [-0.15, -0.1) is 0 Å². The summed E-state index contributed by atoms with van der Waals surface area (Å²) in [6.07, 6.45) is 8.37. The first-order valence-corrected chi connectivity index (χ1v) is 7.75. The van der Waals surface area contributed by atoms with E-state index < -0.39 is 0 Å². The Kier molecular flexibility index (Phi) is 4.05. The minimum absolute atomic E-state index is 0.00749. The van der Waals surface area contributed by atoms with Crippen molar-refractivity contribution in [3.05, 3.63) is 22.9 Å². The minimum Gasteiger partial charge on any atom is -0.312 e. The number of rotatable bonds is 4. The first kappa shape index (κ1) is 14.3. The molecule has 1 fully saturated rings. The molecule has 0 aromatic carbocycles. The lowest BCUT2D eigenvalue weighted by atomic mass is 9.87. The second-order valence-corrected chi connectivity index (χ2v) is 6.17. The summed E-state index contributed by atoms with van der Waals surface area (Å²) in [7, 11) is 1.80. The average molecular weight is 289 g/mol. The summed E-state index contributed by atoms with van der Waals surface area (Å²) >= 11 is 0. The normalized spacial score (nSPS) is 22.8. The van der Waals surface area contributed by atoms with E-state index in [2.05, 4.69) is 22.3 Å². The van der Waals surface area contributed by atoms with Gasteiger partial charge in [-0.05, 0) is 18.8 Å². The molecule has 2 unspecified atom stereocenters. The fourth-order valence-corrected chi connectivity index (χ4v) is 3.23. The number of aromatic nitrogens is 4. The summed E-state index contributed by atoms with van der Waals surface area (Å²) < 4.78 is 3.30. The fourth-order valence-electron chi connectivity index (χ4n) is 3.23. The molecule has 0 aliphatic heterocycles. The Bertz CT molecular complexity index is 674. The van der Waals surface area contributed by atoms with Crippen LogP contribution in [0.2, 0.25) is 0 Å². The van der Waals surface area contributed by atoms with E-state index in [1.165, 1.54) is 25.7 Å². The van der Waals surface area contributed by atoms with E-state index in [1.54, 1.807) is 28.8 Å².